The summed E-state index contributed by atoms with van der Waals surface area (Å²) in [5.74, 6) is -0.360. The fourth-order valence-electron chi connectivity index (χ4n) is 2.47. The summed E-state index contributed by atoms with van der Waals surface area (Å²) in [4.78, 5) is 13.1. The molecule has 1 heterocycles. The second kappa shape index (κ2) is 5.32. The van der Waals surface area contributed by atoms with E-state index in [0.717, 1.165) is 19.5 Å². The van der Waals surface area contributed by atoms with Crippen LogP contribution in [-0.2, 0) is 4.79 Å². The normalized spacial score (nSPS) is 22.5. The van der Waals surface area contributed by atoms with Crippen LogP contribution in [0.15, 0.2) is 30.3 Å². The number of benzene rings is 1. The van der Waals surface area contributed by atoms with Crippen LogP contribution in [-0.4, -0.2) is 35.6 Å². The van der Waals surface area contributed by atoms with Crippen LogP contribution in [0.4, 0.5) is 0 Å². The van der Waals surface area contributed by atoms with E-state index in [-0.39, 0.29) is 5.92 Å². The van der Waals surface area contributed by atoms with Gasteiger partial charge in [-0.2, -0.15) is 0 Å². The Balaban J connectivity index is 1.88. The Labute approximate surface area is 102 Å². The van der Waals surface area contributed by atoms with Crippen molar-refractivity contribution in [2.24, 2.45) is 5.92 Å². The van der Waals surface area contributed by atoms with Gasteiger partial charge in [0.1, 0.15) is 0 Å². The highest BCUT2D eigenvalue weighted by Gasteiger charge is 2.28. The van der Waals surface area contributed by atoms with Gasteiger partial charge >= 0.3 is 5.97 Å². The van der Waals surface area contributed by atoms with Crippen molar-refractivity contribution < 1.29 is 9.90 Å². The van der Waals surface area contributed by atoms with E-state index in [1.165, 1.54) is 5.56 Å². The smallest absolute Gasteiger partial charge is 0.307 e. The van der Waals surface area contributed by atoms with Crippen molar-refractivity contribution in [2.45, 2.75) is 19.3 Å². The molecule has 2 unspecified atom stereocenters. The molecule has 2 atom stereocenters. The molecule has 0 radical (unpaired) electrons. The maximum Gasteiger partial charge on any atom is 0.307 e. The first-order chi connectivity index (χ1) is 8.16. The van der Waals surface area contributed by atoms with Crippen LogP contribution >= 0.6 is 0 Å². The molecule has 3 nitrogen and oxygen atoms in total. The van der Waals surface area contributed by atoms with Crippen molar-refractivity contribution in [1.29, 1.82) is 0 Å². The fourth-order valence-corrected chi connectivity index (χ4v) is 2.47. The van der Waals surface area contributed by atoms with Gasteiger partial charge in [0, 0.05) is 13.1 Å². The standard InChI is InChI=1S/C14H19NO2/c1-11(12-5-3-2-4-6-12)9-15-8-7-13(10-15)14(16)17/h2-6,11,13H,7-10H2,1H3,(H,16,17). The van der Waals surface area contributed by atoms with Crippen LogP contribution in [0.2, 0.25) is 0 Å². The predicted octanol–water partition coefficient (Wildman–Crippen LogP) is 2.20. The SMILES string of the molecule is CC(CN1CCC(C(=O)O)C1)c1ccccc1. The maximum absolute atomic E-state index is 10.9. The highest BCUT2D eigenvalue weighted by molar-refractivity contribution is 5.70. The van der Waals surface area contributed by atoms with Crippen molar-refractivity contribution >= 4 is 5.97 Å². The van der Waals surface area contributed by atoms with Crippen LogP contribution in [0.5, 0.6) is 0 Å². The van der Waals surface area contributed by atoms with Gasteiger partial charge in [-0.3, -0.25) is 4.79 Å². The highest BCUT2D eigenvalue weighted by atomic mass is 16.4. The van der Waals surface area contributed by atoms with E-state index < -0.39 is 5.97 Å². The number of hydrogen-bond donors (Lipinski definition) is 1. The molecule has 1 aliphatic rings. The summed E-state index contributed by atoms with van der Waals surface area (Å²) in [6.45, 7) is 4.76. The Hall–Kier alpha value is -1.35. The minimum atomic E-state index is -0.653. The van der Waals surface area contributed by atoms with Gasteiger partial charge in [0.2, 0.25) is 0 Å². The minimum absolute atomic E-state index is 0.169. The van der Waals surface area contributed by atoms with E-state index in [4.69, 9.17) is 5.11 Å². The molecule has 0 aliphatic carbocycles. The summed E-state index contributed by atoms with van der Waals surface area (Å²) in [7, 11) is 0. The summed E-state index contributed by atoms with van der Waals surface area (Å²) < 4.78 is 0. The predicted molar refractivity (Wildman–Crippen MR) is 67.0 cm³/mol. The lowest BCUT2D eigenvalue weighted by Crippen LogP contribution is -2.27. The highest BCUT2D eigenvalue weighted by Crippen LogP contribution is 2.21. The summed E-state index contributed by atoms with van der Waals surface area (Å²) in [6.07, 6.45) is 0.789. The molecule has 1 N–H and O–H groups in total. The summed E-state index contributed by atoms with van der Waals surface area (Å²) in [5, 5.41) is 8.96. The number of rotatable bonds is 4. The average molecular weight is 233 g/mol. The van der Waals surface area contributed by atoms with Crippen LogP contribution in [0, 0.1) is 5.92 Å². The first-order valence-corrected chi connectivity index (χ1v) is 6.17. The number of aliphatic carboxylic acids is 1. The van der Waals surface area contributed by atoms with Crippen LogP contribution in [0.3, 0.4) is 0 Å². The lowest BCUT2D eigenvalue weighted by Gasteiger charge is -2.20. The number of carboxylic acid groups (broad SMARTS) is 1. The Morgan fingerprint density at radius 1 is 1.47 bits per heavy atom. The second-order valence-electron chi connectivity index (χ2n) is 4.90. The molecule has 1 saturated heterocycles. The van der Waals surface area contributed by atoms with Crippen molar-refractivity contribution in [3.63, 3.8) is 0 Å². The van der Waals surface area contributed by atoms with E-state index in [9.17, 15) is 4.79 Å². The molecule has 0 bridgehead atoms. The van der Waals surface area contributed by atoms with E-state index in [1.54, 1.807) is 0 Å². The van der Waals surface area contributed by atoms with Gasteiger partial charge in [0.15, 0.2) is 0 Å². The van der Waals surface area contributed by atoms with E-state index >= 15 is 0 Å². The zero-order chi connectivity index (χ0) is 12.3. The molecule has 3 heteroatoms. The van der Waals surface area contributed by atoms with Gasteiger partial charge in [-0.25, -0.2) is 0 Å². The molecule has 1 fully saturated rings. The van der Waals surface area contributed by atoms with Crippen LogP contribution in [0.1, 0.15) is 24.8 Å². The lowest BCUT2D eigenvalue weighted by molar-refractivity contribution is -0.141. The largest absolute Gasteiger partial charge is 0.481 e. The van der Waals surface area contributed by atoms with Crippen LogP contribution in [0.25, 0.3) is 0 Å². The number of likely N-dealkylation sites (tertiary alicyclic amines) is 1. The maximum atomic E-state index is 10.9. The first kappa shape index (κ1) is 12.1. The third-order valence-corrected chi connectivity index (χ3v) is 3.52. The van der Waals surface area contributed by atoms with E-state index in [1.807, 2.05) is 6.07 Å². The zero-order valence-electron chi connectivity index (χ0n) is 10.2. The minimum Gasteiger partial charge on any atom is -0.481 e. The third-order valence-electron chi connectivity index (χ3n) is 3.52. The summed E-state index contributed by atoms with van der Waals surface area (Å²) in [5.41, 5.74) is 1.33. The fraction of sp³-hybridized carbons (Fsp3) is 0.500. The van der Waals surface area contributed by atoms with Crippen molar-refractivity contribution in [2.75, 3.05) is 19.6 Å². The molecule has 0 spiro atoms. The monoisotopic (exact) mass is 233 g/mol. The second-order valence-corrected chi connectivity index (χ2v) is 4.90. The zero-order valence-corrected chi connectivity index (χ0v) is 10.2. The van der Waals surface area contributed by atoms with Crippen molar-refractivity contribution in [1.82, 2.24) is 4.90 Å². The average Bonchev–Trinajstić information content (AvgIpc) is 2.79. The Bertz CT molecular complexity index is 377. The van der Waals surface area contributed by atoms with Gasteiger partial charge in [0.25, 0.3) is 0 Å². The molecule has 0 amide bonds. The lowest BCUT2D eigenvalue weighted by atomic mass is 10.0. The Morgan fingerprint density at radius 3 is 2.76 bits per heavy atom. The topological polar surface area (TPSA) is 40.5 Å². The summed E-state index contributed by atoms with van der Waals surface area (Å²) in [6, 6.07) is 10.4. The molecule has 2 rings (SSSR count). The quantitative estimate of drug-likeness (QED) is 0.866. The molecular formula is C14H19NO2. The number of carboxylic acids is 1. The van der Waals surface area contributed by atoms with Gasteiger partial charge in [-0.15, -0.1) is 0 Å². The van der Waals surface area contributed by atoms with E-state index in [2.05, 4.69) is 36.1 Å². The molecule has 1 aromatic carbocycles. The first-order valence-electron chi connectivity index (χ1n) is 6.17. The van der Waals surface area contributed by atoms with Gasteiger partial charge in [-0.05, 0) is 24.4 Å². The van der Waals surface area contributed by atoms with Gasteiger partial charge < -0.3 is 10.0 Å². The van der Waals surface area contributed by atoms with Gasteiger partial charge in [0.05, 0.1) is 5.92 Å². The van der Waals surface area contributed by atoms with Crippen LogP contribution < -0.4 is 0 Å². The van der Waals surface area contributed by atoms with Crippen molar-refractivity contribution in [3.05, 3.63) is 35.9 Å². The molecular weight excluding hydrogens is 214 g/mol. The third kappa shape index (κ3) is 3.07. The molecule has 0 aromatic heterocycles. The molecule has 1 aliphatic heterocycles. The van der Waals surface area contributed by atoms with Gasteiger partial charge in [-0.1, -0.05) is 37.3 Å². The molecule has 1 aromatic rings. The number of hydrogen-bond acceptors (Lipinski definition) is 2. The molecule has 0 saturated carbocycles. The van der Waals surface area contributed by atoms with Crippen molar-refractivity contribution in [3.8, 4) is 0 Å². The number of nitrogens with zero attached hydrogens (tertiary/aromatic N) is 1. The Kier molecular flexibility index (Phi) is 3.79. The Morgan fingerprint density at radius 2 is 2.18 bits per heavy atom. The number of carbonyl (C=O) groups is 1. The van der Waals surface area contributed by atoms with E-state index in [0.29, 0.717) is 12.5 Å². The molecule has 17 heavy (non-hydrogen) atoms. The summed E-state index contributed by atoms with van der Waals surface area (Å²) >= 11 is 0. The molecule has 92 valence electrons.